The van der Waals surface area contributed by atoms with Crippen LogP contribution in [0.3, 0.4) is 0 Å². The van der Waals surface area contributed by atoms with Gasteiger partial charge < -0.3 is 10.6 Å². The molecule has 0 atom stereocenters. The van der Waals surface area contributed by atoms with Gasteiger partial charge >= 0.3 is 0 Å². The number of carbonyl (C=O) groups is 1. The van der Waals surface area contributed by atoms with Crippen LogP contribution in [-0.4, -0.2) is 20.9 Å². The number of hydrogen-bond donors (Lipinski definition) is 2. The third-order valence-corrected chi connectivity index (χ3v) is 3.29. The highest BCUT2D eigenvalue weighted by atomic mass is 19.1. The van der Waals surface area contributed by atoms with Gasteiger partial charge in [0.05, 0.1) is 0 Å². The van der Waals surface area contributed by atoms with Crippen LogP contribution in [0.5, 0.6) is 0 Å². The Morgan fingerprint density at radius 3 is 2.44 bits per heavy atom. The van der Waals surface area contributed by atoms with Gasteiger partial charge in [-0.25, -0.2) is 18.7 Å². The van der Waals surface area contributed by atoms with Gasteiger partial charge in [0.2, 0.25) is 5.95 Å². The number of amides is 1. The highest BCUT2D eigenvalue weighted by molar-refractivity contribution is 6.03. The van der Waals surface area contributed by atoms with E-state index >= 15 is 0 Å². The second-order valence-electron chi connectivity index (χ2n) is 5.03. The summed E-state index contributed by atoms with van der Waals surface area (Å²) in [5.41, 5.74) is 0.425. The van der Waals surface area contributed by atoms with Gasteiger partial charge in [-0.1, -0.05) is 6.07 Å². The van der Waals surface area contributed by atoms with Crippen LogP contribution < -0.4 is 10.6 Å². The Balaban J connectivity index is 1.71. The van der Waals surface area contributed by atoms with Crippen LogP contribution in [0.1, 0.15) is 16.1 Å². The van der Waals surface area contributed by atoms with Crippen molar-refractivity contribution in [2.45, 2.75) is 6.54 Å². The predicted molar refractivity (Wildman–Crippen MR) is 87.9 cm³/mol. The van der Waals surface area contributed by atoms with Gasteiger partial charge in [0, 0.05) is 25.1 Å². The first-order valence-electron chi connectivity index (χ1n) is 7.34. The van der Waals surface area contributed by atoms with Crippen LogP contribution in [0.15, 0.2) is 55.0 Å². The van der Waals surface area contributed by atoms with Crippen LogP contribution in [-0.2, 0) is 6.54 Å². The van der Waals surface area contributed by atoms with E-state index in [1.165, 1.54) is 18.3 Å². The maximum Gasteiger partial charge on any atom is 0.274 e. The number of rotatable bonds is 5. The predicted octanol–water partition coefficient (Wildman–Crippen LogP) is 3.01. The third-order valence-electron chi connectivity index (χ3n) is 3.29. The maximum absolute atomic E-state index is 13.6. The Bertz CT molecular complexity index is 869. The number of carbonyl (C=O) groups excluding carboxylic acids is 1. The minimum Gasteiger partial charge on any atom is -0.350 e. The number of nitrogens with one attached hydrogen (secondary N) is 2. The summed E-state index contributed by atoms with van der Waals surface area (Å²) in [7, 11) is 0. The first-order valence-corrected chi connectivity index (χ1v) is 7.34. The van der Waals surface area contributed by atoms with E-state index in [1.807, 2.05) is 12.1 Å². The highest BCUT2D eigenvalue weighted by Crippen LogP contribution is 2.18. The lowest BCUT2D eigenvalue weighted by Crippen LogP contribution is -2.17. The summed E-state index contributed by atoms with van der Waals surface area (Å²) < 4.78 is 27.2. The van der Waals surface area contributed by atoms with Crippen molar-refractivity contribution in [3.63, 3.8) is 0 Å². The van der Waals surface area contributed by atoms with Crippen LogP contribution in [0.25, 0.3) is 0 Å². The molecule has 0 spiro atoms. The second-order valence-corrected chi connectivity index (χ2v) is 5.03. The van der Waals surface area contributed by atoms with Crippen molar-refractivity contribution >= 4 is 17.5 Å². The molecule has 25 heavy (non-hydrogen) atoms. The molecule has 0 aliphatic heterocycles. The molecule has 0 aliphatic rings. The highest BCUT2D eigenvalue weighted by Gasteiger charge is 2.15. The minimum absolute atomic E-state index is 0.0186. The number of halogens is 2. The van der Waals surface area contributed by atoms with Gasteiger partial charge in [0.1, 0.15) is 23.0 Å². The van der Waals surface area contributed by atoms with E-state index in [2.05, 4.69) is 25.6 Å². The van der Waals surface area contributed by atoms with Crippen molar-refractivity contribution < 1.29 is 13.6 Å². The molecule has 2 N–H and O–H groups in total. The van der Waals surface area contributed by atoms with Gasteiger partial charge in [0.15, 0.2) is 0 Å². The quantitative estimate of drug-likeness (QED) is 0.746. The number of para-hydroxylation sites is 1. The Morgan fingerprint density at radius 1 is 1.00 bits per heavy atom. The van der Waals surface area contributed by atoms with Gasteiger partial charge in [-0.05, 0) is 35.9 Å². The average Bonchev–Trinajstić information content (AvgIpc) is 2.64. The largest absolute Gasteiger partial charge is 0.350 e. The van der Waals surface area contributed by atoms with Gasteiger partial charge in [-0.15, -0.1) is 0 Å². The number of anilines is 2. The first-order chi connectivity index (χ1) is 12.1. The van der Waals surface area contributed by atoms with E-state index < -0.39 is 23.2 Å². The molecule has 2 heterocycles. The Morgan fingerprint density at radius 2 is 1.72 bits per heavy atom. The van der Waals surface area contributed by atoms with Crippen LogP contribution >= 0.6 is 0 Å². The molecule has 0 saturated heterocycles. The summed E-state index contributed by atoms with van der Waals surface area (Å²) in [6.07, 6.45) is 4.70. The molecule has 2 aromatic heterocycles. The summed E-state index contributed by atoms with van der Waals surface area (Å²) in [6, 6.07) is 8.33. The topological polar surface area (TPSA) is 79.8 Å². The van der Waals surface area contributed by atoms with Crippen molar-refractivity contribution in [1.29, 1.82) is 0 Å². The zero-order valence-corrected chi connectivity index (χ0v) is 12.9. The molecule has 0 radical (unpaired) electrons. The standard InChI is InChI=1S/C17H13F2N5O/c18-12-2-1-3-13(19)15(12)24-16(25)14-6-9-21-17(23-14)22-10-11-4-7-20-8-5-11/h1-9H,10H2,(H,24,25)(H,21,22,23). The lowest BCUT2D eigenvalue weighted by Gasteiger charge is -2.08. The molecule has 1 aromatic carbocycles. The summed E-state index contributed by atoms with van der Waals surface area (Å²) in [6.45, 7) is 0.440. The van der Waals surface area contributed by atoms with Crippen LogP contribution in [0.2, 0.25) is 0 Å². The molecule has 0 saturated carbocycles. The van der Waals surface area contributed by atoms with E-state index in [0.717, 1.165) is 17.7 Å². The third kappa shape index (κ3) is 4.11. The van der Waals surface area contributed by atoms with Crippen LogP contribution in [0, 0.1) is 11.6 Å². The molecule has 0 bridgehead atoms. The normalized spacial score (nSPS) is 10.3. The number of pyridine rings is 1. The monoisotopic (exact) mass is 341 g/mol. The van der Waals surface area contributed by atoms with Crippen molar-refractivity contribution in [1.82, 2.24) is 15.0 Å². The smallest absolute Gasteiger partial charge is 0.274 e. The average molecular weight is 341 g/mol. The number of nitrogens with zero attached hydrogens (tertiary/aromatic N) is 3. The second kappa shape index (κ2) is 7.43. The molecular weight excluding hydrogens is 328 g/mol. The van der Waals surface area contributed by atoms with Gasteiger partial charge in [-0.3, -0.25) is 9.78 Å². The number of hydrogen-bond acceptors (Lipinski definition) is 5. The summed E-state index contributed by atoms with van der Waals surface area (Å²) >= 11 is 0. The van der Waals surface area contributed by atoms with Gasteiger partial charge in [-0.2, -0.15) is 0 Å². The maximum atomic E-state index is 13.6. The Labute approximate surface area is 142 Å². The molecule has 126 valence electrons. The summed E-state index contributed by atoms with van der Waals surface area (Å²) in [5.74, 6) is -2.24. The number of benzene rings is 1. The molecule has 0 aliphatic carbocycles. The zero-order valence-electron chi connectivity index (χ0n) is 12.9. The lowest BCUT2D eigenvalue weighted by atomic mass is 10.2. The van der Waals surface area contributed by atoms with E-state index in [4.69, 9.17) is 0 Å². The fourth-order valence-corrected chi connectivity index (χ4v) is 2.05. The molecule has 0 fully saturated rings. The fourth-order valence-electron chi connectivity index (χ4n) is 2.05. The SMILES string of the molecule is O=C(Nc1c(F)cccc1F)c1ccnc(NCc2ccncc2)n1. The van der Waals surface area contributed by atoms with E-state index in [9.17, 15) is 13.6 Å². The van der Waals surface area contributed by atoms with Gasteiger partial charge in [0.25, 0.3) is 5.91 Å². The van der Waals surface area contributed by atoms with Crippen LogP contribution in [0.4, 0.5) is 20.4 Å². The Kier molecular flexibility index (Phi) is 4.89. The molecule has 0 unspecified atom stereocenters. The van der Waals surface area contributed by atoms with E-state index in [-0.39, 0.29) is 11.6 Å². The minimum atomic E-state index is -0.863. The molecule has 3 rings (SSSR count). The Hall–Kier alpha value is -3.42. The van der Waals surface area contributed by atoms with Crippen molar-refractivity contribution in [2.24, 2.45) is 0 Å². The van der Waals surface area contributed by atoms with Crippen molar-refractivity contribution in [3.8, 4) is 0 Å². The molecule has 6 nitrogen and oxygen atoms in total. The van der Waals surface area contributed by atoms with Crippen molar-refractivity contribution in [3.05, 3.63) is 77.9 Å². The first kappa shape index (κ1) is 16.4. The van der Waals surface area contributed by atoms with Crippen molar-refractivity contribution in [2.75, 3.05) is 10.6 Å². The summed E-state index contributed by atoms with van der Waals surface area (Å²) in [4.78, 5) is 24.2. The molecule has 1 amide bonds. The van der Waals surface area contributed by atoms with E-state index in [0.29, 0.717) is 6.54 Å². The molecular formula is C17H13F2N5O. The fraction of sp³-hybridized carbons (Fsp3) is 0.0588. The summed E-state index contributed by atoms with van der Waals surface area (Å²) in [5, 5.41) is 5.15. The zero-order chi connectivity index (χ0) is 17.6. The molecule has 3 aromatic rings. The molecule has 8 heteroatoms. The number of aromatic nitrogens is 3. The lowest BCUT2D eigenvalue weighted by molar-refractivity contribution is 0.102. The van der Waals surface area contributed by atoms with E-state index in [1.54, 1.807) is 12.4 Å².